The molecule has 3 N–H and O–H groups in total. The van der Waals surface area contributed by atoms with E-state index in [2.05, 4.69) is 5.43 Å². The van der Waals surface area contributed by atoms with Crippen LogP contribution < -0.4 is 11.3 Å². The third-order valence-corrected chi connectivity index (χ3v) is 4.04. The van der Waals surface area contributed by atoms with Crippen LogP contribution in [0, 0.1) is 11.6 Å². The molecule has 0 saturated heterocycles. The van der Waals surface area contributed by atoms with Crippen LogP contribution in [0.15, 0.2) is 48.5 Å². The molecule has 1 atom stereocenters. The molecule has 0 radical (unpaired) electrons. The summed E-state index contributed by atoms with van der Waals surface area (Å²) >= 11 is 0. The van der Waals surface area contributed by atoms with Crippen LogP contribution in [0.5, 0.6) is 0 Å². The van der Waals surface area contributed by atoms with Crippen molar-refractivity contribution in [3.05, 3.63) is 71.3 Å². The summed E-state index contributed by atoms with van der Waals surface area (Å²) in [6.07, 6.45) is 0.452. The van der Waals surface area contributed by atoms with E-state index in [0.29, 0.717) is 12.0 Å². The zero-order valence-electron chi connectivity index (χ0n) is 12.2. The number of rotatable bonds is 5. The fraction of sp³-hybridized carbons (Fsp3) is 0.294. The van der Waals surface area contributed by atoms with Crippen LogP contribution >= 0.6 is 0 Å². The molecular formula is C17H20F2N2. The Morgan fingerprint density at radius 1 is 1.05 bits per heavy atom. The van der Waals surface area contributed by atoms with Crippen LogP contribution in [-0.4, -0.2) is 6.04 Å². The quantitative estimate of drug-likeness (QED) is 0.655. The number of halogens is 2. The molecule has 0 aliphatic carbocycles. The Balaban J connectivity index is 2.27. The van der Waals surface area contributed by atoms with E-state index in [4.69, 9.17) is 5.84 Å². The van der Waals surface area contributed by atoms with Gasteiger partial charge < -0.3 is 0 Å². The minimum absolute atomic E-state index is 0.181. The maximum Gasteiger partial charge on any atom is 0.126 e. The molecular weight excluding hydrogens is 270 g/mol. The molecule has 0 fully saturated rings. The van der Waals surface area contributed by atoms with Crippen LogP contribution in [0.25, 0.3) is 0 Å². The lowest BCUT2D eigenvalue weighted by atomic mass is 9.75. The number of benzene rings is 2. The molecule has 2 aromatic rings. The summed E-state index contributed by atoms with van der Waals surface area (Å²) in [5.41, 5.74) is 3.95. The fourth-order valence-electron chi connectivity index (χ4n) is 2.49. The SMILES string of the molecule is CC(C)(c1ccc(F)cc1)C(Cc1ccccc1F)NN. The number of hydrogen-bond acceptors (Lipinski definition) is 2. The van der Waals surface area contributed by atoms with Gasteiger partial charge in [0.1, 0.15) is 11.6 Å². The summed E-state index contributed by atoms with van der Waals surface area (Å²) in [5.74, 6) is 5.16. The van der Waals surface area contributed by atoms with Crippen molar-refractivity contribution in [3.8, 4) is 0 Å². The van der Waals surface area contributed by atoms with Crippen LogP contribution in [0.4, 0.5) is 8.78 Å². The molecule has 0 aliphatic rings. The van der Waals surface area contributed by atoms with Gasteiger partial charge in [-0.1, -0.05) is 44.2 Å². The van der Waals surface area contributed by atoms with E-state index in [1.54, 1.807) is 30.3 Å². The first kappa shape index (κ1) is 15.6. The Hall–Kier alpha value is -1.78. The Labute approximate surface area is 124 Å². The summed E-state index contributed by atoms with van der Waals surface area (Å²) in [6.45, 7) is 4.01. The maximum absolute atomic E-state index is 13.8. The Morgan fingerprint density at radius 3 is 2.24 bits per heavy atom. The maximum atomic E-state index is 13.8. The van der Waals surface area contributed by atoms with E-state index in [9.17, 15) is 8.78 Å². The summed E-state index contributed by atoms with van der Waals surface area (Å²) < 4.78 is 26.9. The molecule has 2 nitrogen and oxygen atoms in total. The summed E-state index contributed by atoms with van der Waals surface area (Å²) in [7, 11) is 0. The van der Waals surface area contributed by atoms with Crippen molar-refractivity contribution in [2.45, 2.75) is 31.7 Å². The predicted molar refractivity (Wildman–Crippen MR) is 80.6 cm³/mol. The first-order chi connectivity index (χ1) is 9.95. The molecule has 2 rings (SSSR count). The monoisotopic (exact) mass is 290 g/mol. The molecule has 0 aromatic heterocycles. The number of hydrazine groups is 1. The molecule has 0 heterocycles. The Kier molecular flexibility index (Phi) is 4.70. The molecule has 2 aromatic carbocycles. The number of hydrogen-bond donors (Lipinski definition) is 2. The van der Waals surface area contributed by atoms with Gasteiger partial charge in [-0.15, -0.1) is 0 Å². The molecule has 4 heteroatoms. The second-order valence-corrected chi connectivity index (χ2v) is 5.74. The van der Waals surface area contributed by atoms with Crippen molar-refractivity contribution in [1.82, 2.24) is 5.43 Å². The van der Waals surface area contributed by atoms with Crippen molar-refractivity contribution in [2.24, 2.45) is 5.84 Å². The van der Waals surface area contributed by atoms with E-state index in [-0.39, 0.29) is 23.1 Å². The third-order valence-electron chi connectivity index (χ3n) is 4.04. The smallest absolute Gasteiger partial charge is 0.126 e. The van der Waals surface area contributed by atoms with Gasteiger partial charge >= 0.3 is 0 Å². The molecule has 0 aliphatic heterocycles. The van der Waals surface area contributed by atoms with Gasteiger partial charge in [-0.05, 0) is 35.7 Å². The second-order valence-electron chi connectivity index (χ2n) is 5.74. The lowest BCUT2D eigenvalue weighted by Gasteiger charge is -2.34. The van der Waals surface area contributed by atoms with Gasteiger partial charge in [0.15, 0.2) is 0 Å². The zero-order chi connectivity index (χ0) is 15.5. The average molecular weight is 290 g/mol. The zero-order valence-corrected chi connectivity index (χ0v) is 12.2. The van der Waals surface area contributed by atoms with E-state index < -0.39 is 0 Å². The lowest BCUT2D eigenvalue weighted by molar-refractivity contribution is 0.338. The molecule has 0 amide bonds. The molecule has 112 valence electrons. The molecule has 0 bridgehead atoms. The van der Waals surface area contributed by atoms with Crippen molar-refractivity contribution in [1.29, 1.82) is 0 Å². The fourth-order valence-corrected chi connectivity index (χ4v) is 2.49. The summed E-state index contributed by atoms with van der Waals surface area (Å²) in [6, 6.07) is 12.8. The Bertz CT molecular complexity index is 594. The van der Waals surface area contributed by atoms with E-state index in [1.165, 1.54) is 18.2 Å². The molecule has 1 unspecified atom stereocenters. The first-order valence-corrected chi connectivity index (χ1v) is 6.90. The van der Waals surface area contributed by atoms with E-state index >= 15 is 0 Å². The largest absolute Gasteiger partial charge is 0.271 e. The van der Waals surface area contributed by atoms with Gasteiger partial charge in [0.25, 0.3) is 0 Å². The molecule has 0 saturated carbocycles. The van der Waals surface area contributed by atoms with E-state index in [0.717, 1.165) is 5.56 Å². The highest BCUT2D eigenvalue weighted by atomic mass is 19.1. The average Bonchev–Trinajstić information content (AvgIpc) is 2.46. The normalized spacial score (nSPS) is 13.2. The standard InChI is InChI=1S/C17H20F2N2/c1-17(2,13-7-9-14(18)10-8-13)16(21-20)11-12-5-3-4-6-15(12)19/h3-10,16,21H,11,20H2,1-2H3. The molecule has 21 heavy (non-hydrogen) atoms. The van der Waals surface area contributed by atoms with Crippen LogP contribution in [0.3, 0.4) is 0 Å². The van der Waals surface area contributed by atoms with Crippen LogP contribution in [-0.2, 0) is 11.8 Å². The minimum atomic E-state index is -0.370. The van der Waals surface area contributed by atoms with Gasteiger partial charge in [0.2, 0.25) is 0 Å². The summed E-state index contributed by atoms with van der Waals surface area (Å²) in [4.78, 5) is 0. The molecule has 0 spiro atoms. The number of nitrogens with two attached hydrogens (primary N) is 1. The van der Waals surface area contributed by atoms with Crippen molar-refractivity contribution >= 4 is 0 Å². The first-order valence-electron chi connectivity index (χ1n) is 6.90. The van der Waals surface area contributed by atoms with Gasteiger partial charge in [0.05, 0.1) is 0 Å². The topological polar surface area (TPSA) is 38.0 Å². The minimum Gasteiger partial charge on any atom is -0.271 e. The summed E-state index contributed by atoms with van der Waals surface area (Å²) in [5, 5.41) is 0. The van der Waals surface area contributed by atoms with Crippen LogP contribution in [0.1, 0.15) is 25.0 Å². The van der Waals surface area contributed by atoms with Crippen LogP contribution in [0.2, 0.25) is 0 Å². The highest BCUT2D eigenvalue weighted by Crippen LogP contribution is 2.29. The van der Waals surface area contributed by atoms with Gasteiger partial charge in [0, 0.05) is 11.5 Å². The Morgan fingerprint density at radius 2 is 1.67 bits per heavy atom. The van der Waals surface area contributed by atoms with Gasteiger partial charge in [-0.25, -0.2) is 8.78 Å². The van der Waals surface area contributed by atoms with Gasteiger partial charge in [-0.3, -0.25) is 11.3 Å². The van der Waals surface area contributed by atoms with Crippen molar-refractivity contribution in [3.63, 3.8) is 0 Å². The highest BCUT2D eigenvalue weighted by Gasteiger charge is 2.31. The van der Waals surface area contributed by atoms with Gasteiger partial charge in [-0.2, -0.15) is 0 Å². The second kappa shape index (κ2) is 6.33. The predicted octanol–water partition coefficient (Wildman–Crippen LogP) is 3.32. The van der Waals surface area contributed by atoms with Crippen molar-refractivity contribution < 1.29 is 8.78 Å². The highest BCUT2D eigenvalue weighted by molar-refractivity contribution is 5.28. The van der Waals surface area contributed by atoms with Crippen molar-refractivity contribution in [2.75, 3.05) is 0 Å². The lowest BCUT2D eigenvalue weighted by Crippen LogP contribution is -2.49. The van der Waals surface area contributed by atoms with E-state index in [1.807, 2.05) is 13.8 Å². The third kappa shape index (κ3) is 3.46. The number of nitrogens with one attached hydrogen (secondary N) is 1.